The van der Waals surface area contributed by atoms with Gasteiger partial charge in [0, 0.05) is 12.5 Å². The van der Waals surface area contributed by atoms with Crippen LogP contribution in [0.1, 0.15) is 13.8 Å². The fraction of sp³-hybridized carbons (Fsp3) is 0.385. The maximum atomic E-state index is 12.2. The molecule has 1 amide bonds. The number of ether oxygens (including phenoxy) is 1. The molecule has 1 aliphatic heterocycles. The van der Waals surface area contributed by atoms with E-state index in [0.717, 1.165) is 11.4 Å². The Morgan fingerprint density at radius 1 is 1.56 bits per heavy atom. The highest BCUT2D eigenvalue weighted by Crippen LogP contribution is 2.33. The maximum Gasteiger partial charge on any atom is 0.267 e. The van der Waals surface area contributed by atoms with Gasteiger partial charge >= 0.3 is 0 Å². The molecule has 2 atom stereocenters. The Morgan fingerprint density at radius 2 is 2.22 bits per heavy atom. The highest BCUT2D eigenvalue weighted by atomic mass is 32.1. The zero-order valence-electron chi connectivity index (χ0n) is 10.4. The molecule has 2 rings (SSSR count). The fourth-order valence-electron chi connectivity index (χ4n) is 1.91. The van der Waals surface area contributed by atoms with E-state index in [1.54, 1.807) is 11.8 Å². The second-order valence-corrected chi connectivity index (χ2v) is 4.95. The largest absolute Gasteiger partial charge is 0.479 e. The molecular weight excluding hydrogens is 248 g/mol. The van der Waals surface area contributed by atoms with Crippen molar-refractivity contribution >= 4 is 28.8 Å². The van der Waals surface area contributed by atoms with Gasteiger partial charge in [0.25, 0.3) is 5.91 Å². The zero-order valence-corrected chi connectivity index (χ0v) is 11.2. The molecule has 0 bridgehead atoms. The van der Waals surface area contributed by atoms with Gasteiger partial charge < -0.3 is 15.4 Å². The molecule has 18 heavy (non-hydrogen) atoms. The van der Waals surface area contributed by atoms with Crippen molar-refractivity contribution < 1.29 is 9.53 Å². The lowest BCUT2D eigenvalue weighted by atomic mass is 10.1. The Hall–Kier alpha value is -1.62. The van der Waals surface area contributed by atoms with Crippen LogP contribution in [0.2, 0.25) is 0 Å². The Morgan fingerprint density at radius 3 is 2.89 bits per heavy atom. The molecule has 0 saturated carbocycles. The van der Waals surface area contributed by atoms with Gasteiger partial charge in [-0.2, -0.15) is 0 Å². The Labute approximate surface area is 112 Å². The van der Waals surface area contributed by atoms with Crippen LogP contribution in [0.25, 0.3) is 0 Å². The minimum atomic E-state index is -0.474. The number of para-hydroxylation sites is 2. The summed E-state index contributed by atoms with van der Waals surface area (Å²) in [7, 11) is 0. The van der Waals surface area contributed by atoms with E-state index in [1.807, 2.05) is 31.2 Å². The number of benzene rings is 1. The number of thiocarbonyl (C=S) groups is 1. The summed E-state index contributed by atoms with van der Waals surface area (Å²) < 4.78 is 5.56. The van der Waals surface area contributed by atoms with E-state index in [1.165, 1.54) is 0 Å². The van der Waals surface area contributed by atoms with E-state index < -0.39 is 6.10 Å². The number of hydrogen-bond donors (Lipinski definition) is 1. The molecule has 2 unspecified atom stereocenters. The second-order valence-electron chi connectivity index (χ2n) is 4.48. The van der Waals surface area contributed by atoms with E-state index in [9.17, 15) is 4.79 Å². The van der Waals surface area contributed by atoms with Crippen LogP contribution in [0, 0.1) is 5.92 Å². The fourth-order valence-corrected chi connectivity index (χ4v) is 1.99. The van der Waals surface area contributed by atoms with Crippen LogP contribution in [-0.2, 0) is 4.79 Å². The van der Waals surface area contributed by atoms with Gasteiger partial charge in [-0.05, 0) is 19.1 Å². The number of nitrogens with zero attached hydrogens (tertiary/aromatic N) is 1. The van der Waals surface area contributed by atoms with E-state index >= 15 is 0 Å². The van der Waals surface area contributed by atoms with Crippen LogP contribution in [-0.4, -0.2) is 23.5 Å². The molecule has 1 aromatic rings. The SMILES string of the molecule is CC(CN1C(=O)C(C)Oc2ccccc21)C(N)=S. The van der Waals surface area contributed by atoms with Crippen molar-refractivity contribution in [3.05, 3.63) is 24.3 Å². The highest BCUT2D eigenvalue weighted by molar-refractivity contribution is 7.80. The summed E-state index contributed by atoms with van der Waals surface area (Å²) >= 11 is 4.96. The molecule has 0 fully saturated rings. The van der Waals surface area contributed by atoms with Gasteiger partial charge in [0.1, 0.15) is 5.75 Å². The van der Waals surface area contributed by atoms with Crippen molar-refractivity contribution in [2.45, 2.75) is 20.0 Å². The molecule has 96 valence electrons. The van der Waals surface area contributed by atoms with Crippen molar-refractivity contribution in [2.75, 3.05) is 11.4 Å². The predicted octanol–water partition coefficient (Wildman–Crippen LogP) is 1.72. The van der Waals surface area contributed by atoms with Crippen LogP contribution in [0.4, 0.5) is 5.69 Å². The lowest BCUT2D eigenvalue weighted by Gasteiger charge is -2.34. The molecule has 0 radical (unpaired) electrons. The maximum absolute atomic E-state index is 12.2. The lowest BCUT2D eigenvalue weighted by Crippen LogP contribution is -2.47. The molecule has 0 saturated heterocycles. The summed E-state index contributed by atoms with van der Waals surface area (Å²) in [6, 6.07) is 7.49. The third-order valence-electron chi connectivity index (χ3n) is 3.02. The van der Waals surface area contributed by atoms with Crippen molar-refractivity contribution in [3.8, 4) is 5.75 Å². The summed E-state index contributed by atoms with van der Waals surface area (Å²) in [5.74, 6) is 0.638. The number of nitrogens with two attached hydrogens (primary N) is 1. The number of carbonyl (C=O) groups is 1. The number of amides is 1. The van der Waals surface area contributed by atoms with Gasteiger partial charge in [0.05, 0.1) is 10.7 Å². The Kier molecular flexibility index (Phi) is 3.52. The van der Waals surface area contributed by atoms with Crippen molar-refractivity contribution in [1.29, 1.82) is 0 Å². The Bertz CT molecular complexity index is 490. The molecule has 1 heterocycles. The summed E-state index contributed by atoms with van der Waals surface area (Å²) in [4.78, 5) is 14.3. The topological polar surface area (TPSA) is 55.6 Å². The molecular formula is C13H16N2O2S. The summed E-state index contributed by atoms with van der Waals surface area (Å²) in [5, 5.41) is 0. The van der Waals surface area contributed by atoms with Gasteiger partial charge in [-0.1, -0.05) is 31.3 Å². The van der Waals surface area contributed by atoms with E-state index in [-0.39, 0.29) is 11.8 Å². The third kappa shape index (κ3) is 2.31. The van der Waals surface area contributed by atoms with E-state index in [4.69, 9.17) is 22.7 Å². The average Bonchev–Trinajstić information content (AvgIpc) is 2.34. The van der Waals surface area contributed by atoms with Gasteiger partial charge in [0.15, 0.2) is 6.10 Å². The zero-order chi connectivity index (χ0) is 13.3. The second kappa shape index (κ2) is 4.94. The average molecular weight is 264 g/mol. The van der Waals surface area contributed by atoms with Crippen LogP contribution in [0.5, 0.6) is 5.75 Å². The van der Waals surface area contributed by atoms with Crippen LogP contribution < -0.4 is 15.4 Å². The summed E-state index contributed by atoms with van der Waals surface area (Å²) in [5.41, 5.74) is 6.40. The first-order chi connectivity index (χ1) is 8.50. The van der Waals surface area contributed by atoms with E-state index in [0.29, 0.717) is 11.5 Å². The summed E-state index contributed by atoms with van der Waals surface area (Å²) in [6.45, 7) is 4.15. The summed E-state index contributed by atoms with van der Waals surface area (Å²) in [6.07, 6.45) is -0.474. The molecule has 5 heteroatoms. The first-order valence-electron chi connectivity index (χ1n) is 5.87. The van der Waals surface area contributed by atoms with Gasteiger partial charge in [0.2, 0.25) is 0 Å². The van der Waals surface area contributed by atoms with Crippen LogP contribution in [0.15, 0.2) is 24.3 Å². The van der Waals surface area contributed by atoms with Gasteiger partial charge in [-0.15, -0.1) is 0 Å². The minimum Gasteiger partial charge on any atom is -0.479 e. The highest BCUT2D eigenvalue weighted by Gasteiger charge is 2.32. The van der Waals surface area contributed by atoms with Crippen LogP contribution >= 0.6 is 12.2 Å². The van der Waals surface area contributed by atoms with Crippen molar-refractivity contribution in [2.24, 2.45) is 11.7 Å². The van der Waals surface area contributed by atoms with Gasteiger partial charge in [-0.3, -0.25) is 4.79 Å². The number of anilines is 1. The molecule has 4 nitrogen and oxygen atoms in total. The number of hydrogen-bond acceptors (Lipinski definition) is 3. The van der Waals surface area contributed by atoms with Crippen molar-refractivity contribution in [1.82, 2.24) is 0 Å². The predicted molar refractivity (Wildman–Crippen MR) is 74.8 cm³/mol. The standard InChI is InChI=1S/C13H16N2O2S/c1-8(12(14)18)7-15-10-5-3-4-6-11(10)17-9(2)13(15)16/h3-6,8-9H,7H2,1-2H3,(H2,14,18). The minimum absolute atomic E-state index is 0.0256. The van der Waals surface area contributed by atoms with Crippen LogP contribution in [0.3, 0.4) is 0 Å². The first kappa shape index (κ1) is 12.8. The number of fused-ring (bicyclic) bond motifs is 1. The lowest BCUT2D eigenvalue weighted by molar-refractivity contribution is -0.125. The number of carbonyl (C=O) groups excluding carboxylic acids is 1. The van der Waals surface area contributed by atoms with Crippen molar-refractivity contribution in [3.63, 3.8) is 0 Å². The third-order valence-corrected chi connectivity index (χ3v) is 3.42. The first-order valence-corrected chi connectivity index (χ1v) is 6.28. The molecule has 2 N–H and O–H groups in total. The molecule has 0 spiro atoms. The van der Waals surface area contributed by atoms with Gasteiger partial charge in [-0.25, -0.2) is 0 Å². The monoisotopic (exact) mass is 264 g/mol. The smallest absolute Gasteiger partial charge is 0.267 e. The molecule has 0 aromatic heterocycles. The quantitative estimate of drug-likeness (QED) is 0.845. The molecule has 1 aromatic carbocycles. The molecule has 0 aliphatic carbocycles. The normalized spacial score (nSPS) is 20.0. The molecule has 1 aliphatic rings. The Balaban J connectivity index is 2.32. The number of rotatable bonds is 3. The van der Waals surface area contributed by atoms with E-state index in [2.05, 4.69) is 0 Å².